The normalized spacial score (nSPS) is 17.2. The van der Waals surface area contributed by atoms with Crippen LogP contribution in [0.25, 0.3) is 5.57 Å². The number of fused-ring (bicyclic) bond motifs is 1. The fraction of sp³-hybridized carbons (Fsp3) is 0.263. The van der Waals surface area contributed by atoms with Crippen LogP contribution in [0.3, 0.4) is 0 Å². The number of hydrogen-bond donors (Lipinski definition) is 0. The molecule has 21 heavy (non-hydrogen) atoms. The van der Waals surface area contributed by atoms with E-state index in [4.69, 9.17) is 0 Å². The van der Waals surface area contributed by atoms with Crippen LogP contribution in [-0.2, 0) is 28.8 Å². The summed E-state index contributed by atoms with van der Waals surface area (Å²) in [7, 11) is 0. The van der Waals surface area contributed by atoms with Crippen molar-refractivity contribution in [1.82, 2.24) is 0 Å². The van der Waals surface area contributed by atoms with Crippen molar-refractivity contribution in [2.24, 2.45) is 0 Å². The summed E-state index contributed by atoms with van der Waals surface area (Å²) in [6.45, 7) is 7.48. The first-order chi connectivity index (χ1) is 10.2. The van der Waals surface area contributed by atoms with Gasteiger partial charge >= 0.3 is 141 Å². The van der Waals surface area contributed by atoms with Gasteiger partial charge in [0, 0.05) is 0 Å². The van der Waals surface area contributed by atoms with Gasteiger partial charge in [-0.25, -0.2) is 0 Å². The zero-order chi connectivity index (χ0) is 14.8. The van der Waals surface area contributed by atoms with Crippen molar-refractivity contribution in [1.29, 1.82) is 0 Å². The van der Waals surface area contributed by atoms with E-state index >= 15 is 0 Å². The fourth-order valence-corrected chi connectivity index (χ4v) is 13.5. The molecular weight excluding hydrogens is 348 g/mol. The molecule has 1 unspecified atom stereocenters. The quantitative estimate of drug-likeness (QED) is 0.678. The number of hydrogen-bond acceptors (Lipinski definition) is 0. The third-order valence-corrected chi connectivity index (χ3v) is 14.4. The Kier molecular flexibility index (Phi) is 4.76. The van der Waals surface area contributed by atoms with E-state index in [-0.39, 0.29) is 22.4 Å². The molecule has 106 valence electrons. The van der Waals surface area contributed by atoms with Crippen molar-refractivity contribution in [3.05, 3.63) is 76.9 Å². The Morgan fingerprint density at radius 3 is 2.33 bits per heavy atom. The summed E-state index contributed by atoms with van der Waals surface area (Å²) in [5.41, 5.74) is 7.92. The monoisotopic (exact) mass is 368 g/mol. The van der Waals surface area contributed by atoms with Crippen LogP contribution in [-0.4, -0.2) is 5.92 Å². The van der Waals surface area contributed by atoms with Gasteiger partial charge in [0.05, 0.1) is 0 Å². The van der Waals surface area contributed by atoms with Gasteiger partial charge in [-0.2, -0.15) is 0 Å². The van der Waals surface area contributed by atoms with Gasteiger partial charge in [0.25, 0.3) is 0 Å². The van der Waals surface area contributed by atoms with E-state index in [0.717, 1.165) is 10.0 Å². The van der Waals surface area contributed by atoms with Crippen molar-refractivity contribution in [2.45, 2.75) is 30.1 Å². The molecule has 0 nitrogen and oxygen atoms in total. The summed E-state index contributed by atoms with van der Waals surface area (Å²) in [4.78, 5) is 0. The SMILES string of the molecule is CC1=C(Cc2ccccc2)c2ccccc2[CH]1[Zr][SiH](C)C. The third-order valence-electron chi connectivity index (χ3n) is 4.23. The van der Waals surface area contributed by atoms with Crippen LogP contribution in [0.1, 0.15) is 27.2 Å². The van der Waals surface area contributed by atoms with Crippen molar-refractivity contribution in [3.63, 3.8) is 0 Å². The van der Waals surface area contributed by atoms with Gasteiger partial charge in [0.1, 0.15) is 0 Å². The van der Waals surface area contributed by atoms with Gasteiger partial charge in [-0.1, -0.05) is 0 Å². The van der Waals surface area contributed by atoms with Crippen LogP contribution >= 0.6 is 0 Å². The van der Waals surface area contributed by atoms with Crippen molar-refractivity contribution < 1.29 is 22.4 Å². The Morgan fingerprint density at radius 2 is 1.62 bits per heavy atom. The zero-order valence-corrected chi connectivity index (χ0v) is 16.7. The number of allylic oxidation sites excluding steroid dienone is 2. The van der Waals surface area contributed by atoms with Crippen LogP contribution < -0.4 is 0 Å². The van der Waals surface area contributed by atoms with E-state index in [1.165, 1.54) is 5.56 Å². The molecule has 0 amide bonds. The van der Waals surface area contributed by atoms with Crippen LogP contribution in [0, 0.1) is 0 Å². The standard InChI is InChI=1S/C17H15.C2H7Si.Zr/c1-13-11-15-9-5-6-10-16(15)17(13)12-14-7-3-2-4-8-14;1-3-2;/h2-11H,12H2,1H3;3H,1-2H3;. The molecule has 0 bridgehead atoms. The second kappa shape index (κ2) is 6.58. The minimum absolute atomic E-state index is 0.279. The fourth-order valence-electron chi connectivity index (χ4n) is 3.23. The van der Waals surface area contributed by atoms with E-state index in [1.54, 1.807) is 22.3 Å². The van der Waals surface area contributed by atoms with Crippen LogP contribution in [0.15, 0.2) is 60.2 Å². The average Bonchev–Trinajstić information content (AvgIpc) is 2.74. The molecule has 2 aromatic carbocycles. The molecular formula is C19H22SiZr. The molecule has 0 heterocycles. The average molecular weight is 370 g/mol. The first kappa shape index (κ1) is 15.2. The summed E-state index contributed by atoms with van der Waals surface area (Å²) in [6, 6.07) is 20.1. The molecule has 0 radical (unpaired) electrons. The molecule has 0 saturated heterocycles. The van der Waals surface area contributed by atoms with Gasteiger partial charge in [-0.15, -0.1) is 0 Å². The van der Waals surface area contributed by atoms with Crippen molar-refractivity contribution in [2.75, 3.05) is 0 Å². The molecule has 3 rings (SSSR count). The van der Waals surface area contributed by atoms with Crippen LogP contribution in [0.4, 0.5) is 0 Å². The van der Waals surface area contributed by atoms with E-state index in [9.17, 15) is 0 Å². The first-order valence-corrected chi connectivity index (χ1v) is 16.3. The maximum atomic E-state index is 2.54. The van der Waals surface area contributed by atoms with Gasteiger partial charge in [0.15, 0.2) is 0 Å². The predicted octanol–water partition coefficient (Wildman–Crippen LogP) is 4.82. The van der Waals surface area contributed by atoms with E-state index in [2.05, 4.69) is 74.6 Å². The topological polar surface area (TPSA) is 0 Å². The summed E-state index contributed by atoms with van der Waals surface area (Å²) < 4.78 is 0.843. The zero-order valence-electron chi connectivity index (χ0n) is 13.1. The predicted molar refractivity (Wildman–Crippen MR) is 90.8 cm³/mol. The molecule has 2 heteroatoms. The second-order valence-electron chi connectivity index (χ2n) is 6.17. The van der Waals surface area contributed by atoms with Crippen LogP contribution in [0.2, 0.25) is 13.1 Å². The Morgan fingerprint density at radius 1 is 0.952 bits per heavy atom. The Labute approximate surface area is 140 Å². The Bertz CT molecular complexity index is 658. The number of rotatable bonds is 4. The molecule has 0 N–H and O–H groups in total. The Balaban J connectivity index is 1.99. The van der Waals surface area contributed by atoms with Gasteiger partial charge in [-0.05, 0) is 0 Å². The summed E-state index contributed by atoms with van der Waals surface area (Å²) in [6.07, 6.45) is 1.10. The summed E-state index contributed by atoms with van der Waals surface area (Å²) in [5, 5.41) is 0. The summed E-state index contributed by atoms with van der Waals surface area (Å²) in [5.74, 6) is -0.397. The molecule has 0 fully saturated rings. The van der Waals surface area contributed by atoms with Gasteiger partial charge in [0.2, 0.25) is 0 Å². The molecule has 1 aliphatic carbocycles. The molecule has 1 atom stereocenters. The molecule has 2 aromatic rings. The second-order valence-corrected chi connectivity index (χ2v) is 21.2. The molecule has 0 saturated carbocycles. The van der Waals surface area contributed by atoms with Gasteiger partial charge < -0.3 is 0 Å². The minimum atomic E-state index is -0.397. The third kappa shape index (κ3) is 3.22. The number of benzene rings is 2. The van der Waals surface area contributed by atoms with E-state index < -0.39 is 5.92 Å². The molecule has 0 spiro atoms. The molecule has 1 aliphatic rings. The first-order valence-electron chi connectivity index (χ1n) is 7.75. The summed E-state index contributed by atoms with van der Waals surface area (Å²) >= 11 is -0.279. The van der Waals surface area contributed by atoms with E-state index in [0.29, 0.717) is 0 Å². The van der Waals surface area contributed by atoms with Crippen molar-refractivity contribution in [3.8, 4) is 0 Å². The molecule has 0 aliphatic heterocycles. The van der Waals surface area contributed by atoms with Crippen LogP contribution in [0.5, 0.6) is 0 Å². The van der Waals surface area contributed by atoms with Gasteiger partial charge in [-0.3, -0.25) is 0 Å². The van der Waals surface area contributed by atoms with E-state index in [1.807, 2.05) is 0 Å². The van der Waals surface area contributed by atoms with Crippen molar-refractivity contribution >= 4 is 11.5 Å². The molecule has 0 aromatic heterocycles. The maximum absolute atomic E-state index is 2.54. The Hall–Kier alpha value is -0.720.